The van der Waals surface area contributed by atoms with Crippen LogP contribution in [0, 0.1) is 0 Å². The van der Waals surface area contributed by atoms with Crippen molar-refractivity contribution in [3.05, 3.63) is 140 Å². The summed E-state index contributed by atoms with van der Waals surface area (Å²) < 4.78 is 4.94. The predicted molar refractivity (Wildman–Crippen MR) is 178 cm³/mol. The predicted octanol–water partition coefficient (Wildman–Crippen LogP) is 10.4. The summed E-state index contributed by atoms with van der Waals surface area (Å²) in [6.45, 7) is 0. The van der Waals surface area contributed by atoms with Gasteiger partial charge in [-0.15, -0.1) is 11.3 Å². The monoisotopic (exact) mass is 553 g/mol. The second-order valence-electron chi connectivity index (χ2n) is 10.6. The minimum Gasteiger partial charge on any atom is -0.292 e. The van der Waals surface area contributed by atoms with Gasteiger partial charge in [0.15, 0.2) is 5.82 Å². The van der Waals surface area contributed by atoms with E-state index in [2.05, 4.69) is 114 Å². The first-order chi connectivity index (χ1) is 20.8. The first-order valence-corrected chi connectivity index (χ1v) is 14.9. The van der Waals surface area contributed by atoms with Gasteiger partial charge in [0.05, 0.1) is 22.1 Å². The zero-order valence-electron chi connectivity index (χ0n) is 22.5. The van der Waals surface area contributed by atoms with E-state index in [1.807, 2.05) is 41.7 Å². The van der Waals surface area contributed by atoms with Gasteiger partial charge in [0, 0.05) is 42.1 Å². The Morgan fingerprint density at radius 3 is 2.00 bits per heavy atom. The Morgan fingerprint density at radius 2 is 1.12 bits per heavy atom. The molecule has 9 rings (SSSR count). The number of benzene rings is 6. The minimum atomic E-state index is 0.836. The molecule has 0 aliphatic heterocycles. The van der Waals surface area contributed by atoms with Crippen molar-refractivity contribution in [1.82, 2.24) is 14.5 Å². The molecule has 0 aliphatic carbocycles. The molecule has 0 N–H and O–H groups in total. The molecular weight excluding hydrogens is 531 g/mol. The highest BCUT2D eigenvalue weighted by Crippen LogP contribution is 2.44. The summed E-state index contributed by atoms with van der Waals surface area (Å²) >= 11 is 1.87. The fourth-order valence-electron chi connectivity index (χ4n) is 6.37. The van der Waals surface area contributed by atoms with E-state index in [1.54, 1.807) is 0 Å². The number of hydrogen-bond acceptors (Lipinski definition) is 3. The van der Waals surface area contributed by atoms with Crippen LogP contribution in [0.4, 0.5) is 0 Å². The highest BCUT2D eigenvalue weighted by Gasteiger charge is 2.21. The Hall–Kier alpha value is -5.32. The molecule has 0 atom stereocenters. The van der Waals surface area contributed by atoms with Gasteiger partial charge in [-0.1, -0.05) is 109 Å². The van der Waals surface area contributed by atoms with E-state index in [-0.39, 0.29) is 0 Å². The van der Waals surface area contributed by atoms with E-state index in [0.717, 1.165) is 39.1 Å². The van der Waals surface area contributed by atoms with Gasteiger partial charge >= 0.3 is 0 Å². The van der Waals surface area contributed by atoms with Gasteiger partial charge in [-0.3, -0.25) is 4.57 Å². The number of rotatable bonds is 3. The summed E-state index contributed by atoms with van der Waals surface area (Å²) in [4.78, 5) is 10.5. The van der Waals surface area contributed by atoms with Crippen molar-refractivity contribution in [1.29, 1.82) is 0 Å². The lowest BCUT2D eigenvalue weighted by atomic mass is 9.98. The average Bonchev–Trinajstić information content (AvgIpc) is 3.61. The first-order valence-electron chi connectivity index (χ1n) is 14.1. The molecule has 0 radical (unpaired) electrons. The fraction of sp³-hybridized carbons (Fsp3) is 0. The smallest absolute Gasteiger partial charge is 0.165 e. The maximum atomic E-state index is 5.28. The van der Waals surface area contributed by atoms with Gasteiger partial charge in [-0.25, -0.2) is 9.97 Å². The Labute approximate surface area is 246 Å². The number of nitrogens with zero attached hydrogens (tertiary/aromatic N) is 3. The second-order valence-corrected chi connectivity index (χ2v) is 11.6. The van der Waals surface area contributed by atoms with Gasteiger partial charge in [0.2, 0.25) is 0 Å². The molecule has 0 saturated heterocycles. The molecule has 0 unspecified atom stereocenters. The molecule has 196 valence electrons. The van der Waals surface area contributed by atoms with Gasteiger partial charge in [0.1, 0.15) is 5.69 Å². The molecular formula is C38H23N3S. The Kier molecular flexibility index (Phi) is 5.07. The summed E-state index contributed by atoms with van der Waals surface area (Å²) in [5, 5.41) is 5.05. The molecule has 4 heteroatoms. The molecule has 0 fully saturated rings. The fourth-order valence-corrected chi connectivity index (χ4v) is 7.60. The number of fused-ring (bicyclic) bond motifs is 7. The van der Waals surface area contributed by atoms with Crippen molar-refractivity contribution in [2.75, 3.05) is 0 Å². The lowest BCUT2D eigenvalue weighted by Crippen LogP contribution is -2.03. The van der Waals surface area contributed by atoms with Crippen LogP contribution in [-0.4, -0.2) is 14.5 Å². The summed E-state index contributed by atoms with van der Waals surface area (Å²) in [6.07, 6.45) is 0. The topological polar surface area (TPSA) is 30.7 Å². The van der Waals surface area contributed by atoms with Crippen LogP contribution in [0.25, 0.3) is 81.2 Å². The molecule has 9 aromatic rings. The van der Waals surface area contributed by atoms with E-state index in [1.165, 1.54) is 42.1 Å². The van der Waals surface area contributed by atoms with Gasteiger partial charge in [0.25, 0.3) is 0 Å². The number of hydrogen-bond donors (Lipinski definition) is 0. The van der Waals surface area contributed by atoms with Crippen LogP contribution in [0.1, 0.15) is 0 Å². The molecule has 0 amide bonds. The molecule has 0 aliphatic rings. The molecule has 3 aromatic heterocycles. The second kappa shape index (κ2) is 9.10. The van der Waals surface area contributed by atoms with E-state index < -0.39 is 0 Å². The standard InChI is InChI=1S/C38H23N3S/c1-2-12-24(13-3-1)36-38(40-31-20-7-6-19-30(31)39-36)41-32-21-8-4-15-29(32)35-26(16-11-22-33(35)41)28-18-10-17-27-25-14-5-9-23-34(25)42-37(27)28/h1-23H. The number of aromatic nitrogens is 3. The van der Waals surface area contributed by atoms with Crippen LogP contribution < -0.4 is 0 Å². The molecule has 0 bridgehead atoms. The molecule has 42 heavy (non-hydrogen) atoms. The van der Waals surface area contributed by atoms with Crippen molar-refractivity contribution in [3.8, 4) is 28.2 Å². The SMILES string of the molecule is c1ccc(-c2nc3ccccc3nc2-n2c3ccccc3c3c(-c4cccc5c4sc4ccccc45)cccc32)cc1. The lowest BCUT2D eigenvalue weighted by Gasteiger charge is -2.14. The highest BCUT2D eigenvalue weighted by atomic mass is 32.1. The van der Waals surface area contributed by atoms with Gasteiger partial charge in [-0.2, -0.15) is 0 Å². The van der Waals surface area contributed by atoms with Crippen molar-refractivity contribution >= 4 is 64.3 Å². The average molecular weight is 554 g/mol. The maximum absolute atomic E-state index is 5.28. The summed E-state index contributed by atoms with van der Waals surface area (Å²) in [6, 6.07) is 49.3. The summed E-state index contributed by atoms with van der Waals surface area (Å²) in [7, 11) is 0. The number of thiophene rings is 1. The van der Waals surface area contributed by atoms with E-state index >= 15 is 0 Å². The van der Waals surface area contributed by atoms with Crippen LogP contribution in [0.3, 0.4) is 0 Å². The van der Waals surface area contributed by atoms with E-state index in [4.69, 9.17) is 9.97 Å². The molecule has 0 spiro atoms. The first kappa shape index (κ1) is 23.4. The van der Waals surface area contributed by atoms with Crippen LogP contribution in [0.5, 0.6) is 0 Å². The third-order valence-corrected chi connectivity index (χ3v) is 9.42. The Bertz CT molecular complexity index is 2470. The van der Waals surface area contributed by atoms with Crippen molar-refractivity contribution < 1.29 is 0 Å². The van der Waals surface area contributed by atoms with Crippen LogP contribution in [0.2, 0.25) is 0 Å². The molecule has 3 nitrogen and oxygen atoms in total. The molecule has 3 heterocycles. The van der Waals surface area contributed by atoms with Crippen molar-refractivity contribution in [3.63, 3.8) is 0 Å². The zero-order chi connectivity index (χ0) is 27.6. The zero-order valence-corrected chi connectivity index (χ0v) is 23.3. The van der Waals surface area contributed by atoms with Crippen molar-refractivity contribution in [2.45, 2.75) is 0 Å². The quantitative estimate of drug-likeness (QED) is 0.218. The van der Waals surface area contributed by atoms with Crippen LogP contribution in [0.15, 0.2) is 140 Å². The van der Waals surface area contributed by atoms with E-state index in [0.29, 0.717) is 0 Å². The summed E-state index contributed by atoms with van der Waals surface area (Å²) in [5.41, 5.74) is 8.41. The number of para-hydroxylation sites is 3. The van der Waals surface area contributed by atoms with Crippen LogP contribution >= 0.6 is 11.3 Å². The molecule has 6 aromatic carbocycles. The Morgan fingerprint density at radius 1 is 0.476 bits per heavy atom. The maximum Gasteiger partial charge on any atom is 0.165 e. The van der Waals surface area contributed by atoms with Crippen LogP contribution in [-0.2, 0) is 0 Å². The third kappa shape index (κ3) is 3.39. The lowest BCUT2D eigenvalue weighted by molar-refractivity contribution is 1.08. The minimum absolute atomic E-state index is 0.836. The van der Waals surface area contributed by atoms with E-state index in [9.17, 15) is 0 Å². The highest BCUT2D eigenvalue weighted by molar-refractivity contribution is 7.26. The van der Waals surface area contributed by atoms with Gasteiger partial charge < -0.3 is 0 Å². The van der Waals surface area contributed by atoms with Gasteiger partial charge in [-0.05, 0) is 35.9 Å². The third-order valence-electron chi connectivity index (χ3n) is 8.20. The Balaban J connectivity index is 1.41. The van der Waals surface area contributed by atoms with Crippen molar-refractivity contribution in [2.24, 2.45) is 0 Å². The largest absolute Gasteiger partial charge is 0.292 e. The normalized spacial score (nSPS) is 11.8. The molecule has 0 saturated carbocycles. The summed E-state index contributed by atoms with van der Waals surface area (Å²) in [5.74, 6) is 0.836.